The predicted molar refractivity (Wildman–Crippen MR) is 109 cm³/mol. The molecule has 1 amide bonds. The summed E-state index contributed by atoms with van der Waals surface area (Å²) in [7, 11) is 2.12. The zero-order valence-electron chi connectivity index (χ0n) is 17.2. The molecule has 2 N–H and O–H groups in total. The van der Waals surface area contributed by atoms with E-state index in [0.29, 0.717) is 49.4 Å². The summed E-state index contributed by atoms with van der Waals surface area (Å²) in [5, 5.41) is 14.0. The summed E-state index contributed by atoms with van der Waals surface area (Å²) in [5.41, 5.74) is 0.342. The molecule has 29 heavy (non-hydrogen) atoms. The van der Waals surface area contributed by atoms with Crippen molar-refractivity contribution < 1.29 is 9.90 Å². The molecule has 9 heteroatoms. The summed E-state index contributed by atoms with van der Waals surface area (Å²) in [6, 6.07) is 1.43. The molecular weight excluding hydrogens is 372 g/mol. The summed E-state index contributed by atoms with van der Waals surface area (Å²) >= 11 is 0. The van der Waals surface area contributed by atoms with Crippen molar-refractivity contribution in [2.24, 2.45) is 0 Å². The molecule has 2 aromatic heterocycles. The first kappa shape index (κ1) is 20.1. The summed E-state index contributed by atoms with van der Waals surface area (Å²) in [4.78, 5) is 36.0. The zero-order chi connectivity index (χ0) is 20.6. The maximum Gasteiger partial charge on any atom is 0.272 e. The van der Waals surface area contributed by atoms with Gasteiger partial charge in [0.05, 0.1) is 5.60 Å². The van der Waals surface area contributed by atoms with E-state index in [2.05, 4.69) is 26.9 Å². The van der Waals surface area contributed by atoms with Gasteiger partial charge in [-0.3, -0.25) is 19.6 Å². The Kier molecular flexibility index (Phi) is 5.46. The van der Waals surface area contributed by atoms with Crippen LogP contribution < -0.4 is 5.56 Å². The number of H-pyrrole nitrogens is 1. The van der Waals surface area contributed by atoms with Gasteiger partial charge in [0.2, 0.25) is 0 Å². The van der Waals surface area contributed by atoms with Gasteiger partial charge in [-0.05, 0) is 33.2 Å². The largest absolute Gasteiger partial charge is 0.388 e. The lowest BCUT2D eigenvalue weighted by Crippen LogP contribution is -2.51. The van der Waals surface area contributed by atoms with Gasteiger partial charge in [0, 0.05) is 63.8 Å². The number of aryl methyl sites for hydroxylation is 1. The van der Waals surface area contributed by atoms with E-state index in [4.69, 9.17) is 0 Å². The van der Waals surface area contributed by atoms with E-state index >= 15 is 0 Å². The summed E-state index contributed by atoms with van der Waals surface area (Å²) in [6.45, 7) is 7.47. The van der Waals surface area contributed by atoms with E-state index in [0.717, 1.165) is 32.6 Å². The van der Waals surface area contributed by atoms with Crippen molar-refractivity contribution >= 4 is 11.6 Å². The first-order valence-corrected chi connectivity index (χ1v) is 10.3. The number of fused-ring (bicyclic) bond motifs is 1. The van der Waals surface area contributed by atoms with E-state index in [1.165, 1.54) is 10.6 Å². The number of nitrogens with zero attached hydrogens (tertiary/aromatic N) is 5. The number of aromatic nitrogens is 3. The monoisotopic (exact) mass is 402 g/mol. The van der Waals surface area contributed by atoms with Gasteiger partial charge < -0.3 is 14.9 Å². The number of likely N-dealkylation sites (N-methyl/N-ethyl adjacent to an activating group) is 1. The predicted octanol–water partition coefficient (Wildman–Crippen LogP) is -0.0644. The quantitative estimate of drug-likeness (QED) is 0.746. The number of nitrogens with one attached hydrogen (secondary N) is 1. The normalized spacial score (nSPS) is 24.7. The second-order valence-corrected chi connectivity index (χ2v) is 8.53. The SMILES string of the molecule is Cc1cc(=O)n2[nH]cc(C(=O)N3CCC[C@](O)(CN4CCN(C)CC4)CC3)c2n1. The van der Waals surface area contributed by atoms with Crippen molar-refractivity contribution in [3.63, 3.8) is 0 Å². The molecule has 0 bridgehead atoms. The molecule has 2 saturated heterocycles. The number of carbonyl (C=O) groups excluding carboxylic acids is 1. The lowest BCUT2D eigenvalue weighted by molar-refractivity contribution is -0.0179. The minimum atomic E-state index is -0.767. The van der Waals surface area contributed by atoms with E-state index in [1.807, 2.05) is 0 Å². The van der Waals surface area contributed by atoms with Gasteiger partial charge >= 0.3 is 0 Å². The molecule has 2 fully saturated rings. The second-order valence-electron chi connectivity index (χ2n) is 8.53. The molecule has 4 rings (SSSR count). The third-order valence-electron chi connectivity index (χ3n) is 6.17. The van der Waals surface area contributed by atoms with Gasteiger partial charge in [-0.1, -0.05) is 0 Å². The van der Waals surface area contributed by atoms with E-state index in [9.17, 15) is 14.7 Å². The Morgan fingerprint density at radius 3 is 2.72 bits per heavy atom. The standard InChI is InChI=1S/C20H30N6O3/c1-15-12-17(27)26-18(22-15)16(13-21-26)19(28)25-6-3-4-20(29,5-7-25)14-24-10-8-23(2)9-11-24/h12-13,21,29H,3-11,14H2,1-2H3/t20-/m1/s1. The lowest BCUT2D eigenvalue weighted by atomic mass is 9.94. The van der Waals surface area contributed by atoms with Crippen molar-refractivity contribution in [3.05, 3.63) is 33.9 Å². The average molecular weight is 402 g/mol. The third kappa shape index (κ3) is 4.22. The number of rotatable bonds is 3. The van der Waals surface area contributed by atoms with Gasteiger partial charge in [0.25, 0.3) is 11.5 Å². The molecule has 0 unspecified atom stereocenters. The Morgan fingerprint density at radius 1 is 1.21 bits per heavy atom. The maximum absolute atomic E-state index is 13.1. The lowest BCUT2D eigenvalue weighted by Gasteiger charge is -2.38. The van der Waals surface area contributed by atoms with Crippen LogP contribution in [-0.4, -0.2) is 98.8 Å². The topological polar surface area (TPSA) is 97.2 Å². The van der Waals surface area contributed by atoms with Crippen LogP contribution in [0, 0.1) is 6.92 Å². The Morgan fingerprint density at radius 2 is 1.97 bits per heavy atom. The van der Waals surface area contributed by atoms with Gasteiger partial charge in [-0.2, -0.15) is 0 Å². The van der Waals surface area contributed by atoms with E-state index in [1.54, 1.807) is 18.0 Å². The van der Waals surface area contributed by atoms with Crippen molar-refractivity contribution in [3.8, 4) is 0 Å². The minimum Gasteiger partial charge on any atom is -0.388 e. The van der Waals surface area contributed by atoms with Crippen LogP contribution in [0.25, 0.3) is 5.65 Å². The smallest absolute Gasteiger partial charge is 0.272 e. The molecule has 1 atom stereocenters. The highest BCUT2D eigenvalue weighted by molar-refractivity contribution is 5.99. The summed E-state index contributed by atoms with van der Waals surface area (Å²) in [5.74, 6) is -0.148. The highest BCUT2D eigenvalue weighted by Crippen LogP contribution is 2.25. The van der Waals surface area contributed by atoms with Gasteiger partial charge in [-0.25, -0.2) is 9.50 Å². The fourth-order valence-electron chi connectivity index (χ4n) is 4.39. The zero-order valence-corrected chi connectivity index (χ0v) is 17.2. The van der Waals surface area contributed by atoms with Gasteiger partial charge in [-0.15, -0.1) is 0 Å². The molecule has 9 nitrogen and oxygen atoms in total. The molecule has 2 aliphatic rings. The van der Waals surface area contributed by atoms with Crippen LogP contribution in [0.15, 0.2) is 17.1 Å². The molecule has 2 aliphatic heterocycles. The Bertz CT molecular complexity index is 945. The van der Waals surface area contributed by atoms with Gasteiger partial charge in [0.15, 0.2) is 5.65 Å². The van der Waals surface area contributed by atoms with Crippen LogP contribution >= 0.6 is 0 Å². The molecule has 0 aromatic carbocycles. The van der Waals surface area contributed by atoms with Crippen LogP contribution in [0.4, 0.5) is 0 Å². The van der Waals surface area contributed by atoms with Crippen molar-refractivity contribution in [2.75, 3.05) is 52.9 Å². The number of amides is 1. The molecular formula is C20H30N6O3. The van der Waals surface area contributed by atoms with Gasteiger partial charge in [0.1, 0.15) is 5.56 Å². The first-order valence-electron chi connectivity index (χ1n) is 10.3. The summed E-state index contributed by atoms with van der Waals surface area (Å²) in [6.07, 6.45) is 3.55. The number of hydrogen-bond donors (Lipinski definition) is 2. The number of hydrogen-bond acceptors (Lipinski definition) is 6. The highest BCUT2D eigenvalue weighted by atomic mass is 16.3. The molecule has 2 aromatic rings. The Labute approximate surface area is 169 Å². The molecule has 158 valence electrons. The van der Waals surface area contributed by atoms with Crippen molar-refractivity contribution in [2.45, 2.75) is 31.8 Å². The first-order chi connectivity index (χ1) is 13.8. The number of aromatic amines is 1. The van der Waals surface area contributed by atoms with Crippen LogP contribution in [0.3, 0.4) is 0 Å². The average Bonchev–Trinajstić information content (AvgIpc) is 3.00. The number of β-amino-alcohol motifs (C(OH)–C–C–N with tert-alkyl or cyclic N) is 1. The van der Waals surface area contributed by atoms with E-state index < -0.39 is 5.60 Å². The molecule has 0 aliphatic carbocycles. The van der Waals surface area contributed by atoms with Crippen molar-refractivity contribution in [1.29, 1.82) is 0 Å². The molecule has 0 spiro atoms. The maximum atomic E-state index is 13.1. The fraction of sp³-hybridized carbons (Fsp3) is 0.650. The summed E-state index contributed by atoms with van der Waals surface area (Å²) < 4.78 is 1.29. The van der Waals surface area contributed by atoms with Crippen LogP contribution in [0.2, 0.25) is 0 Å². The number of piperazine rings is 1. The molecule has 0 saturated carbocycles. The van der Waals surface area contributed by atoms with Crippen LogP contribution in [0.5, 0.6) is 0 Å². The van der Waals surface area contributed by atoms with Crippen molar-refractivity contribution in [1.82, 2.24) is 29.3 Å². The molecule has 4 heterocycles. The minimum absolute atomic E-state index is 0.148. The highest BCUT2D eigenvalue weighted by Gasteiger charge is 2.34. The van der Waals surface area contributed by atoms with Crippen LogP contribution in [-0.2, 0) is 0 Å². The molecule has 0 radical (unpaired) electrons. The number of aliphatic hydroxyl groups is 1. The Hall–Kier alpha value is -2.23. The number of likely N-dealkylation sites (tertiary alicyclic amines) is 1. The second kappa shape index (κ2) is 7.89. The Balaban J connectivity index is 1.46. The fourth-order valence-corrected chi connectivity index (χ4v) is 4.39. The van der Waals surface area contributed by atoms with E-state index in [-0.39, 0.29) is 11.5 Å². The third-order valence-corrected chi connectivity index (χ3v) is 6.17. The van der Waals surface area contributed by atoms with Crippen LogP contribution in [0.1, 0.15) is 35.3 Å². The number of carbonyl (C=O) groups is 1.